The third kappa shape index (κ3) is 33.6. The molecule has 1 heterocycles. The molecule has 0 bridgehead atoms. The van der Waals surface area contributed by atoms with Crippen molar-refractivity contribution in [3.8, 4) is 0 Å². The Balaban J connectivity index is 2.81. The van der Waals surface area contributed by atoms with Crippen LogP contribution in [0, 0.1) is 0 Å². The van der Waals surface area contributed by atoms with Crippen molar-refractivity contribution in [3.63, 3.8) is 0 Å². The molecule has 6 N–H and O–H groups in total. The van der Waals surface area contributed by atoms with E-state index in [9.17, 15) is 35.1 Å². The van der Waals surface area contributed by atoms with Crippen molar-refractivity contribution >= 4 is 11.9 Å². The van der Waals surface area contributed by atoms with Gasteiger partial charge < -0.3 is 45.1 Å². The molecule has 68 heavy (non-hydrogen) atoms. The topological polar surface area (TPSA) is 175 Å². The van der Waals surface area contributed by atoms with E-state index in [0.29, 0.717) is 19.3 Å². The van der Waals surface area contributed by atoms with E-state index < -0.39 is 67.4 Å². The van der Waals surface area contributed by atoms with Crippen molar-refractivity contribution < 1.29 is 49.3 Å². The van der Waals surface area contributed by atoms with Crippen molar-refractivity contribution in [2.45, 2.75) is 262 Å². The molecule has 0 aliphatic carbocycles. The second-order valence-corrected chi connectivity index (χ2v) is 18.7. The monoisotopic (exact) mass is 958 g/mol. The summed E-state index contributed by atoms with van der Waals surface area (Å²) >= 11 is 0. The van der Waals surface area contributed by atoms with Crippen LogP contribution in [-0.2, 0) is 23.8 Å². The summed E-state index contributed by atoms with van der Waals surface area (Å²) in [6, 6.07) is -1.04. The molecule has 0 spiro atoms. The average molecular weight is 958 g/mol. The van der Waals surface area contributed by atoms with Crippen molar-refractivity contribution in [1.29, 1.82) is 0 Å². The Morgan fingerprint density at radius 2 is 1.06 bits per heavy atom. The van der Waals surface area contributed by atoms with Gasteiger partial charge in [0.2, 0.25) is 5.91 Å². The molecule has 392 valence electrons. The van der Waals surface area contributed by atoms with Crippen LogP contribution >= 0.6 is 0 Å². The molecule has 0 radical (unpaired) electrons. The molecular formula is C57H99NO10. The molecule has 1 aliphatic rings. The average Bonchev–Trinajstić information content (AvgIpc) is 3.33. The fraction of sp³-hybridized carbons (Fsp3) is 0.754. The number of unbranched alkanes of at least 4 members (excludes halogenated alkanes) is 24. The number of amides is 1. The Labute approximate surface area is 413 Å². The second kappa shape index (κ2) is 45.3. The maximum absolute atomic E-state index is 13.3. The first-order valence-corrected chi connectivity index (χ1v) is 27.3. The summed E-state index contributed by atoms with van der Waals surface area (Å²) in [5, 5.41) is 56.6. The number of nitrogens with one attached hydrogen (secondary N) is 1. The van der Waals surface area contributed by atoms with Crippen LogP contribution in [0.15, 0.2) is 72.9 Å². The molecular weight excluding hydrogens is 859 g/mol. The van der Waals surface area contributed by atoms with Crippen LogP contribution in [0.4, 0.5) is 0 Å². The van der Waals surface area contributed by atoms with Gasteiger partial charge in [0.05, 0.1) is 25.4 Å². The Morgan fingerprint density at radius 1 is 0.588 bits per heavy atom. The highest BCUT2D eigenvalue weighted by molar-refractivity contribution is 5.80. The predicted octanol–water partition coefficient (Wildman–Crippen LogP) is 11.7. The largest absolute Gasteiger partial charge is 0.454 e. The predicted molar refractivity (Wildman–Crippen MR) is 278 cm³/mol. The molecule has 1 amide bonds. The molecule has 8 atom stereocenters. The highest BCUT2D eigenvalue weighted by Gasteiger charge is 2.47. The van der Waals surface area contributed by atoms with Crippen LogP contribution in [0.2, 0.25) is 0 Å². The summed E-state index contributed by atoms with van der Waals surface area (Å²) in [6.07, 6.45) is 45.3. The molecule has 11 nitrogen and oxygen atoms in total. The van der Waals surface area contributed by atoms with Gasteiger partial charge in [0.1, 0.15) is 24.4 Å². The lowest BCUT2D eigenvalue weighted by Crippen LogP contribution is -2.61. The Bertz CT molecular complexity index is 1380. The molecule has 1 fully saturated rings. The number of hydrogen-bond donors (Lipinski definition) is 6. The van der Waals surface area contributed by atoms with Crippen LogP contribution in [0.3, 0.4) is 0 Å². The Morgan fingerprint density at radius 3 is 1.57 bits per heavy atom. The number of allylic oxidation sites excluding steroid dienone is 11. The van der Waals surface area contributed by atoms with Gasteiger partial charge in [0, 0.05) is 6.42 Å². The zero-order valence-corrected chi connectivity index (χ0v) is 43.0. The van der Waals surface area contributed by atoms with Crippen molar-refractivity contribution in [3.05, 3.63) is 72.9 Å². The molecule has 1 aliphatic heterocycles. The summed E-state index contributed by atoms with van der Waals surface area (Å²) in [5.74, 6) is -1.27. The number of esters is 1. The fourth-order valence-electron chi connectivity index (χ4n) is 8.15. The summed E-state index contributed by atoms with van der Waals surface area (Å²) in [7, 11) is 0. The van der Waals surface area contributed by atoms with Gasteiger partial charge >= 0.3 is 5.97 Å². The van der Waals surface area contributed by atoms with Gasteiger partial charge in [0.15, 0.2) is 12.4 Å². The summed E-state index contributed by atoms with van der Waals surface area (Å²) in [4.78, 5) is 26.3. The number of hydrogen-bond acceptors (Lipinski definition) is 10. The highest BCUT2D eigenvalue weighted by atomic mass is 16.7. The number of carbonyl (C=O) groups is 2. The van der Waals surface area contributed by atoms with Gasteiger partial charge in [0.25, 0.3) is 0 Å². The lowest BCUT2D eigenvalue weighted by Gasteiger charge is -2.41. The first-order chi connectivity index (χ1) is 33.2. The summed E-state index contributed by atoms with van der Waals surface area (Å²) < 4.78 is 17.4. The zero-order chi connectivity index (χ0) is 49.7. The summed E-state index contributed by atoms with van der Waals surface area (Å²) in [6.45, 7) is 5.58. The van der Waals surface area contributed by atoms with E-state index in [4.69, 9.17) is 14.2 Å². The second-order valence-electron chi connectivity index (χ2n) is 18.7. The first-order valence-electron chi connectivity index (χ1n) is 27.3. The van der Waals surface area contributed by atoms with Crippen molar-refractivity contribution in [1.82, 2.24) is 5.32 Å². The molecule has 1 rings (SSSR count). The minimum Gasteiger partial charge on any atom is -0.454 e. The van der Waals surface area contributed by atoms with E-state index in [-0.39, 0.29) is 19.4 Å². The highest BCUT2D eigenvalue weighted by Crippen LogP contribution is 2.26. The standard InChI is InChI=1S/C57H99NO10/c1-4-7-10-13-16-19-22-25-27-29-32-35-38-41-44-50(61)56(65)58-48(49(60)43-40-37-34-31-28-24-21-18-15-12-9-6-3)47-66-57-55(54(64)53(63)51(46-59)67-57)68-52(62)45-42-39-36-33-30-26-23-20-17-14-11-8-5-2/h8,11,14,17,20,23,26,30,33,36,40,43,48-51,53-55,57,59-61,63-64H,4-7,9-10,12-13,15-16,18-19,21-22,24-25,27-29,31-32,34-35,37-39,41-42,44-47H2,1-3H3,(H,58,65)/b11-8+,17-14+,23-20-,30-26-,36-33+,43-40+. The number of rotatable bonds is 44. The third-order valence-electron chi connectivity index (χ3n) is 12.5. The van der Waals surface area contributed by atoms with Crippen molar-refractivity contribution in [2.24, 2.45) is 0 Å². The normalized spacial score (nSPS) is 20.5. The van der Waals surface area contributed by atoms with Gasteiger partial charge in [-0.15, -0.1) is 0 Å². The van der Waals surface area contributed by atoms with E-state index in [0.717, 1.165) is 44.9 Å². The third-order valence-corrected chi connectivity index (χ3v) is 12.5. The molecule has 0 aromatic carbocycles. The minimum absolute atomic E-state index is 0.0257. The van der Waals surface area contributed by atoms with E-state index in [1.807, 2.05) is 60.8 Å². The zero-order valence-electron chi connectivity index (χ0n) is 43.0. The molecule has 0 saturated carbocycles. The van der Waals surface area contributed by atoms with Gasteiger partial charge in [-0.2, -0.15) is 0 Å². The van der Waals surface area contributed by atoms with Gasteiger partial charge in [-0.25, -0.2) is 0 Å². The lowest BCUT2D eigenvalue weighted by atomic mass is 9.99. The molecule has 0 aromatic heterocycles. The van der Waals surface area contributed by atoms with Crippen LogP contribution in [0.25, 0.3) is 0 Å². The maximum atomic E-state index is 13.3. The number of ether oxygens (including phenoxy) is 3. The number of aliphatic hydroxyl groups excluding tert-OH is 5. The smallest absolute Gasteiger partial charge is 0.306 e. The quantitative estimate of drug-likeness (QED) is 0.0149. The van der Waals surface area contributed by atoms with Crippen LogP contribution < -0.4 is 5.32 Å². The first kappa shape index (κ1) is 63.1. The summed E-state index contributed by atoms with van der Waals surface area (Å²) in [5.41, 5.74) is 0. The lowest BCUT2D eigenvalue weighted by molar-refractivity contribution is -0.305. The fourth-order valence-corrected chi connectivity index (χ4v) is 8.15. The van der Waals surface area contributed by atoms with Gasteiger partial charge in [-0.1, -0.05) is 241 Å². The van der Waals surface area contributed by atoms with E-state index in [1.54, 1.807) is 6.08 Å². The minimum atomic E-state index is -1.64. The molecule has 1 saturated heterocycles. The van der Waals surface area contributed by atoms with E-state index >= 15 is 0 Å². The Kier molecular flexibility index (Phi) is 42.0. The number of carbonyl (C=O) groups excluding carboxylic acids is 2. The maximum Gasteiger partial charge on any atom is 0.306 e. The molecule has 8 unspecified atom stereocenters. The SMILES string of the molecule is CC/C=C/C=C/C=C\C=C/C=C/CCCC(=O)OC1C(OCC(NC(=O)C(O)CCCCCCCCCCCCCCCC)C(O)/C=C/CCCCCCCCCCCC)OC(CO)C(O)C1O. The molecule has 11 heteroatoms. The van der Waals surface area contributed by atoms with Crippen LogP contribution in [-0.4, -0.2) is 99.6 Å². The molecule has 0 aromatic rings. The number of aliphatic hydroxyl groups is 5. The van der Waals surface area contributed by atoms with Gasteiger partial charge in [-0.05, 0) is 38.5 Å². The van der Waals surface area contributed by atoms with Crippen molar-refractivity contribution in [2.75, 3.05) is 13.2 Å². The van der Waals surface area contributed by atoms with E-state index in [1.165, 1.54) is 116 Å². The van der Waals surface area contributed by atoms with Crippen LogP contribution in [0.5, 0.6) is 0 Å². The van der Waals surface area contributed by atoms with Crippen LogP contribution in [0.1, 0.15) is 213 Å². The van der Waals surface area contributed by atoms with E-state index in [2.05, 4.69) is 32.2 Å². The van der Waals surface area contributed by atoms with Gasteiger partial charge in [-0.3, -0.25) is 9.59 Å². The Hall–Kier alpha value is -2.90.